The van der Waals surface area contributed by atoms with Gasteiger partial charge < -0.3 is 20.1 Å². The highest BCUT2D eigenvalue weighted by atomic mass is 19.1. The van der Waals surface area contributed by atoms with Crippen LogP contribution in [0.2, 0.25) is 0 Å². The van der Waals surface area contributed by atoms with Crippen molar-refractivity contribution >= 4 is 11.4 Å². The first-order valence-electron chi connectivity index (χ1n) is 8.70. The van der Waals surface area contributed by atoms with E-state index in [9.17, 15) is 9.50 Å². The Morgan fingerprint density at radius 2 is 1.84 bits per heavy atom. The molecule has 0 amide bonds. The van der Waals surface area contributed by atoms with Crippen molar-refractivity contribution in [1.82, 2.24) is 0 Å². The van der Waals surface area contributed by atoms with E-state index in [2.05, 4.69) is 34.5 Å². The third-order valence-electron chi connectivity index (χ3n) is 4.77. The van der Waals surface area contributed by atoms with E-state index in [-0.39, 0.29) is 18.0 Å². The quantitative estimate of drug-likeness (QED) is 0.861. The van der Waals surface area contributed by atoms with Crippen LogP contribution in [0.1, 0.15) is 31.4 Å². The zero-order valence-electron chi connectivity index (χ0n) is 14.7. The summed E-state index contributed by atoms with van der Waals surface area (Å²) in [6, 6.07) is 13.0. The van der Waals surface area contributed by atoms with E-state index in [1.54, 1.807) is 19.2 Å². The number of rotatable bonds is 5. The molecule has 3 rings (SSSR count). The predicted molar refractivity (Wildman–Crippen MR) is 98.9 cm³/mol. The van der Waals surface area contributed by atoms with Gasteiger partial charge in [-0.05, 0) is 49.6 Å². The number of anilines is 2. The summed E-state index contributed by atoms with van der Waals surface area (Å²) in [6.45, 7) is 3.76. The molecule has 1 fully saturated rings. The maximum atomic E-state index is 14.0. The first-order chi connectivity index (χ1) is 12.1. The van der Waals surface area contributed by atoms with Crippen LogP contribution in [0, 0.1) is 5.82 Å². The number of hydrogen-bond acceptors (Lipinski definition) is 4. The monoisotopic (exact) mass is 344 g/mol. The van der Waals surface area contributed by atoms with Crippen molar-refractivity contribution in [2.24, 2.45) is 0 Å². The molecule has 1 unspecified atom stereocenters. The molecule has 134 valence electrons. The van der Waals surface area contributed by atoms with Gasteiger partial charge >= 0.3 is 0 Å². The lowest BCUT2D eigenvalue weighted by Gasteiger charge is -2.31. The van der Waals surface area contributed by atoms with Crippen LogP contribution in [0.15, 0.2) is 42.5 Å². The van der Waals surface area contributed by atoms with Crippen molar-refractivity contribution in [3.05, 3.63) is 53.8 Å². The highest BCUT2D eigenvalue weighted by molar-refractivity contribution is 5.53. The second-order valence-electron chi connectivity index (χ2n) is 6.52. The number of piperidine rings is 1. The van der Waals surface area contributed by atoms with Gasteiger partial charge in [0.15, 0.2) is 0 Å². The van der Waals surface area contributed by atoms with Gasteiger partial charge in [-0.25, -0.2) is 4.39 Å². The molecule has 5 heteroatoms. The Balaban J connectivity index is 1.67. The molecule has 0 saturated carbocycles. The van der Waals surface area contributed by atoms with Crippen molar-refractivity contribution in [2.45, 2.75) is 31.9 Å². The van der Waals surface area contributed by atoms with Crippen LogP contribution in [0.4, 0.5) is 15.8 Å². The smallest absolute Gasteiger partial charge is 0.146 e. The van der Waals surface area contributed by atoms with Crippen molar-refractivity contribution in [3.8, 4) is 5.75 Å². The molecule has 25 heavy (non-hydrogen) atoms. The average molecular weight is 344 g/mol. The zero-order valence-corrected chi connectivity index (χ0v) is 14.7. The molecule has 1 aliphatic rings. The topological polar surface area (TPSA) is 44.7 Å². The number of hydrogen-bond donors (Lipinski definition) is 2. The number of nitrogens with one attached hydrogen (secondary N) is 1. The Morgan fingerprint density at radius 1 is 1.16 bits per heavy atom. The average Bonchev–Trinajstić information content (AvgIpc) is 2.64. The van der Waals surface area contributed by atoms with Gasteiger partial charge in [-0.2, -0.15) is 0 Å². The molecule has 1 aliphatic heterocycles. The summed E-state index contributed by atoms with van der Waals surface area (Å²) in [5.74, 6) is 0.329. The normalized spacial score (nSPS) is 16.6. The molecule has 0 aromatic heterocycles. The summed E-state index contributed by atoms with van der Waals surface area (Å²) in [7, 11) is 1.57. The van der Waals surface area contributed by atoms with Crippen molar-refractivity contribution in [1.29, 1.82) is 0 Å². The second-order valence-corrected chi connectivity index (χ2v) is 6.52. The maximum absolute atomic E-state index is 14.0. The largest absolute Gasteiger partial charge is 0.497 e. The fraction of sp³-hybridized carbons (Fsp3) is 0.400. The minimum Gasteiger partial charge on any atom is -0.497 e. The summed E-state index contributed by atoms with van der Waals surface area (Å²) < 4.78 is 19.1. The molecule has 0 spiro atoms. The van der Waals surface area contributed by atoms with Crippen molar-refractivity contribution < 1.29 is 14.2 Å². The van der Waals surface area contributed by atoms with Gasteiger partial charge in [0, 0.05) is 30.9 Å². The summed E-state index contributed by atoms with van der Waals surface area (Å²) in [4.78, 5) is 2.29. The standard InChI is InChI=1S/C20H25FN2O2/c1-14(22-20-13-18(25-2)7-8-19(20)21)15-3-5-16(6-4-15)23-11-9-17(24)10-12-23/h3-8,13-14,17,22,24H,9-12H2,1-2H3. The van der Waals surface area contributed by atoms with Gasteiger partial charge in [-0.1, -0.05) is 12.1 Å². The summed E-state index contributed by atoms with van der Waals surface area (Å²) in [6.07, 6.45) is 1.46. The highest BCUT2D eigenvalue weighted by Crippen LogP contribution is 2.27. The van der Waals surface area contributed by atoms with E-state index >= 15 is 0 Å². The molecule has 2 aromatic rings. The van der Waals surface area contributed by atoms with Gasteiger partial charge in [0.1, 0.15) is 11.6 Å². The van der Waals surface area contributed by atoms with Crippen molar-refractivity contribution in [3.63, 3.8) is 0 Å². The lowest BCUT2D eigenvalue weighted by molar-refractivity contribution is 0.145. The zero-order chi connectivity index (χ0) is 17.8. The third-order valence-corrected chi connectivity index (χ3v) is 4.77. The second kappa shape index (κ2) is 7.74. The van der Waals surface area contributed by atoms with Gasteiger partial charge in [-0.3, -0.25) is 0 Å². The Bertz CT molecular complexity index is 697. The number of aliphatic hydroxyl groups excluding tert-OH is 1. The van der Waals surface area contributed by atoms with E-state index in [0.717, 1.165) is 37.2 Å². The summed E-state index contributed by atoms with van der Waals surface area (Å²) in [5, 5.41) is 12.8. The van der Waals surface area contributed by atoms with E-state index in [0.29, 0.717) is 11.4 Å². The number of aliphatic hydroxyl groups is 1. The number of nitrogens with zero attached hydrogens (tertiary/aromatic N) is 1. The van der Waals surface area contributed by atoms with Gasteiger partial charge in [-0.15, -0.1) is 0 Å². The van der Waals surface area contributed by atoms with Crippen LogP contribution >= 0.6 is 0 Å². The molecule has 2 aromatic carbocycles. The number of benzene rings is 2. The Labute approximate surface area is 148 Å². The Morgan fingerprint density at radius 3 is 2.48 bits per heavy atom. The minimum absolute atomic E-state index is 0.0289. The maximum Gasteiger partial charge on any atom is 0.146 e. The molecule has 1 heterocycles. The third kappa shape index (κ3) is 4.23. The number of methoxy groups -OCH3 is 1. The Hall–Kier alpha value is -2.27. The minimum atomic E-state index is -0.295. The Kier molecular flexibility index (Phi) is 5.43. The molecular weight excluding hydrogens is 319 g/mol. The van der Waals surface area contributed by atoms with E-state index in [4.69, 9.17) is 4.74 Å². The SMILES string of the molecule is COc1ccc(F)c(NC(C)c2ccc(N3CCC(O)CC3)cc2)c1. The van der Waals surface area contributed by atoms with Gasteiger partial charge in [0.05, 0.1) is 18.9 Å². The van der Waals surface area contributed by atoms with Crippen LogP contribution in [-0.2, 0) is 0 Å². The molecular formula is C20H25FN2O2. The molecule has 0 aliphatic carbocycles. The number of ether oxygens (including phenoxy) is 1. The van der Waals surface area contributed by atoms with Crippen LogP contribution in [-0.4, -0.2) is 31.4 Å². The molecule has 1 atom stereocenters. The van der Waals surface area contributed by atoms with Crippen LogP contribution < -0.4 is 15.0 Å². The molecule has 4 nitrogen and oxygen atoms in total. The number of halogens is 1. The molecule has 1 saturated heterocycles. The lowest BCUT2D eigenvalue weighted by atomic mass is 10.0. The van der Waals surface area contributed by atoms with Crippen LogP contribution in [0.3, 0.4) is 0 Å². The van der Waals surface area contributed by atoms with E-state index in [1.807, 2.05) is 6.92 Å². The highest BCUT2D eigenvalue weighted by Gasteiger charge is 2.17. The predicted octanol–water partition coefficient (Wildman–Crippen LogP) is 3.97. The fourth-order valence-electron chi connectivity index (χ4n) is 3.16. The molecule has 0 bridgehead atoms. The first-order valence-corrected chi connectivity index (χ1v) is 8.70. The fourth-order valence-corrected chi connectivity index (χ4v) is 3.16. The van der Waals surface area contributed by atoms with Crippen molar-refractivity contribution in [2.75, 3.05) is 30.4 Å². The van der Waals surface area contributed by atoms with Crippen LogP contribution in [0.25, 0.3) is 0 Å². The molecule has 0 radical (unpaired) electrons. The first kappa shape index (κ1) is 17.5. The van der Waals surface area contributed by atoms with E-state index in [1.165, 1.54) is 6.07 Å². The molecule has 2 N–H and O–H groups in total. The summed E-state index contributed by atoms with van der Waals surface area (Å²) >= 11 is 0. The van der Waals surface area contributed by atoms with E-state index < -0.39 is 0 Å². The van der Waals surface area contributed by atoms with Gasteiger partial charge in [0.25, 0.3) is 0 Å². The van der Waals surface area contributed by atoms with Gasteiger partial charge in [0.2, 0.25) is 0 Å². The summed E-state index contributed by atoms with van der Waals surface area (Å²) in [5.41, 5.74) is 2.68. The van der Waals surface area contributed by atoms with Crippen LogP contribution in [0.5, 0.6) is 5.75 Å². The lowest BCUT2D eigenvalue weighted by Crippen LogP contribution is -2.35.